The fraction of sp³-hybridized carbons (Fsp3) is 0.615. The quantitative estimate of drug-likeness (QED) is 0.0692. The highest BCUT2D eigenvalue weighted by molar-refractivity contribution is 5.92. The molecule has 0 aliphatic rings. The molecule has 0 aliphatic carbocycles. The van der Waals surface area contributed by atoms with Crippen molar-refractivity contribution in [2.24, 2.45) is 0 Å². The van der Waals surface area contributed by atoms with Gasteiger partial charge in [-0.15, -0.1) is 6.58 Å². The molecule has 1 unspecified atom stereocenters. The first kappa shape index (κ1) is 51.3. The van der Waals surface area contributed by atoms with Gasteiger partial charge in [0.1, 0.15) is 5.78 Å². The number of alkyl halides is 3. The Morgan fingerprint density at radius 3 is 2.02 bits per heavy atom. The van der Waals surface area contributed by atoms with Gasteiger partial charge < -0.3 is 20.6 Å². The summed E-state index contributed by atoms with van der Waals surface area (Å²) in [6.45, 7) is 25.2. The van der Waals surface area contributed by atoms with Crippen molar-refractivity contribution in [2.75, 3.05) is 53.4 Å². The zero-order valence-electron chi connectivity index (χ0n) is 31.3. The maximum Gasteiger partial charge on any atom is 0.379 e. The fourth-order valence-corrected chi connectivity index (χ4v) is 4.71. The first-order valence-corrected chi connectivity index (χ1v) is 17.2. The van der Waals surface area contributed by atoms with E-state index in [9.17, 15) is 18.0 Å². The molecule has 0 saturated heterocycles. The van der Waals surface area contributed by atoms with Gasteiger partial charge >= 0.3 is 6.68 Å². The molecule has 0 radical (unpaired) electrons. The number of benzene rings is 1. The van der Waals surface area contributed by atoms with Crippen molar-refractivity contribution in [1.29, 1.82) is 0 Å². The van der Waals surface area contributed by atoms with E-state index in [4.69, 9.17) is 5.11 Å². The molecule has 0 heterocycles. The van der Waals surface area contributed by atoms with Crippen molar-refractivity contribution < 1.29 is 23.1 Å². The number of ketones is 1. The maximum absolute atomic E-state index is 13.3. The number of aliphatic hydroxyl groups is 1. The smallest absolute Gasteiger partial charge is 0.379 e. The molecule has 1 aromatic carbocycles. The van der Waals surface area contributed by atoms with Gasteiger partial charge in [-0.05, 0) is 115 Å². The van der Waals surface area contributed by atoms with E-state index in [0.29, 0.717) is 0 Å². The zero-order chi connectivity index (χ0) is 36.9. The molecule has 0 aliphatic heterocycles. The highest BCUT2D eigenvalue weighted by Gasteiger charge is 2.39. The predicted octanol–water partition coefficient (Wildman–Crippen LogP) is 9.38. The molecule has 0 bridgehead atoms. The minimum Gasteiger partial charge on any atom is -0.400 e. The summed E-state index contributed by atoms with van der Waals surface area (Å²) in [5.74, 6) is 0.178. The molecule has 0 aromatic heterocycles. The second kappa shape index (κ2) is 37.9. The fourth-order valence-electron chi connectivity index (χ4n) is 4.71. The van der Waals surface area contributed by atoms with Crippen LogP contribution in [0.15, 0.2) is 73.4 Å². The van der Waals surface area contributed by atoms with E-state index in [1.807, 2.05) is 57.3 Å². The summed E-state index contributed by atoms with van der Waals surface area (Å²) in [5, 5.41) is 13.4. The number of aryl methyl sites for hydroxylation is 1. The summed E-state index contributed by atoms with van der Waals surface area (Å²) in [6, 6.07) is 8.30. The molecular formula is C39H70F3N3O2. The number of rotatable bonds is 21. The van der Waals surface area contributed by atoms with Crippen molar-refractivity contribution >= 4 is 5.78 Å². The molecule has 8 heteroatoms. The average molecular weight is 670 g/mol. The number of halogens is 3. The number of Topliss-reactive ketones (excluding diaryl/α,β-unsaturated/α-hetero) is 1. The molecule has 0 spiro atoms. The van der Waals surface area contributed by atoms with Crippen LogP contribution in [0.2, 0.25) is 0 Å². The summed E-state index contributed by atoms with van der Waals surface area (Å²) in [5.41, 5.74) is 2.46. The van der Waals surface area contributed by atoms with Crippen LogP contribution in [0, 0.1) is 6.92 Å². The number of hydrogen-bond donors (Lipinski definition) is 3. The van der Waals surface area contributed by atoms with Crippen molar-refractivity contribution in [1.82, 2.24) is 15.5 Å². The Bertz CT molecular complexity index is 918. The molecular weight excluding hydrogens is 599 g/mol. The van der Waals surface area contributed by atoms with Gasteiger partial charge in [0, 0.05) is 7.11 Å². The van der Waals surface area contributed by atoms with E-state index in [2.05, 4.69) is 74.6 Å². The number of nitrogens with one attached hydrogen (secondary N) is 2. The first-order valence-electron chi connectivity index (χ1n) is 17.2. The summed E-state index contributed by atoms with van der Waals surface area (Å²) < 4.78 is 29.0. The van der Waals surface area contributed by atoms with Crippen LogP contribution in [0.25, 0.3) is 0 Å². The standard InChI is InChI=1S/C32H50N2O.C3H9N.C2H6.CHF3.CH4O/c1-7-10-12-13-21-29(5)32(30(6)35,31-22-15-14-20-28(31)4)23-16-18-26-34(9-3)27-19-17-25-33-24-11-8-2;1-3-4-2;1-2;2-1(3)4;1-2/h8,10,12-15,20-22,33H,2,5,7,9,11,16-19,23-27H2,1,3-4,6H3;4H,3H2,1-2H3;1-2H3;1H;2H,1H3/b12-10-,21-13-;;;;. The highest BCUT2D eigenvalue weighted by Crippen LogP contribution is 2.40. The highest BCUT2D eigenvalue weighted by atomic mass is 19.4. The molecule has 0 saturated carbocycles. The first-order chi connectivity index (χ1) is 22.6. The normalized spacial score (nSPS) is 11.7. The molecule has 5 nitrogen and oxygen atoms in total. The van der Waals surface area contributed by atoms with Crippen molar-refractivity contribution in [3.8, 4) is 0 Å². The Morgan fingerprint density at radius 2 is 1.55 bits per heavy atom. The summed E-state index contributed by atoms with van der Waals surface area (Å²) in [4.78, 5) is 15.8. The molecule has 1 aromatic rings. The van der Waals surface area contributed by atoms with Crippen LogP contribution < -0.4 is 10.6 Å². The third-order valence-corrected chi connectivity index (χ3v) is 7.21. The van der Waals surface area contributed by atoms with E-state index in [1.165, 1.54) is 12.8 Å². The van der Waals surface area contributed by atoms with Crippen LogP contribution in [0.3, 0.4) is 0 Å². The van der Waals surface area contributed by atoms with E-state index < -0.39 is 12.1 Å². The third kappa shape index (κ3) is 27.2. The number of carbonyl (C=O) groups excluding carboxylic acids is 1. The molecule has 1 atom stereocenters. The lowest BCUT2D eigenvalue weighted by Crippen LogP contribution is -2.37. The molecule has 3 N–H and O–H groups in total. The second-order valence-corrected chi connectivity index (χ2v) is 10.4. The van der Waals surface area contributed by atoms with Crippen LogP contribution in [-0.2, 0) is 10.2 Å². The van der Waals surface area contributed by atoms with Gasteiger partial charge in [-0.25, -0.2) is 0 Å². The second-order valence-electron chi connectivity index (χ2n) is 10.4. The van der Waals surface area contributed by atoms with Crippen LogP contribution >= 0.6 is 0 Å². The predicted molar refractivity (Wildman–Crippen MR) is 200 cm³/mol. The SMILES string of the molecule is C=CCCNCCCCN(CC)CCCCC(C(=C)/C=C\C=C/CC)(C(C)=O)c1ccccc1C.CC.CCNC.CO.FC(F)F. The number of unbranched alkanes of at least 4 members (excludes halogenated alkanes) is 2. The van der Waals surface area contributed by atoms with Gasteiger partial charge in [-0.2, -0.15) is 13.2 Å². The Labute approximate surface area is 287 Å². The zero-order valence-corrected chi connectivity index (χ0v) is 31.3. The van der Waals surface area contributed by atoms with Crippen LogP contribution in [0.4, 0.5) is 13.2 Å². The van der Waals surface area contributed by atoms with E-state index in [-0.39, 0.29) is 5.78 Å². The molecule has 1 rings (SSSR count). The van der Waals surface area contributed by atoms with Crippen molar-refractivity contribution in [2.45, 2.75) is 106 Å². The number of hydrogen-bond acceptors (Lipinski definition) is 5. The lowest BCUT2D eigenvalue weighted by atomic mass is 9.67. The van der Waals surface area contributed by atoms with Crippen LogP contribution in [0.5, 0.6) is 0 Å². The topological polar surface area (TPSA) is 64.6 Å². The minimum absolute atomic E-state index is 0.178. The summed E-state index contributed by atoms with van der Waals surface area (Å²) in [7, 11) is 2.93. The van der Waals surface area contributed by atoms with Crippen LogP contribution in [0.1, 0.15) is 97.6 Å². The average Bonchev–Trinajstić information content (AvgIpc) is 3.07. The number of carbonyl (C=O) groups is 1. The monoisotopic (exact) mass is 670 g/mol. The van der Waals surface area contributed by atoms with Gasteiger partial charge in [0.2, 0.25) is 0 Å². The third-order valence-electron chi connectivity index (χ3n) is 7.21. The van der Waals surface area contributed by atoms with Crippen molar-refractivity contribution in [3.05, 3.63) is 84.5 Å². The largest absolute Gasteiger partial charge is 0.400 e. The van der Waals surface area contributed by atoms with Gasteiger partial charge in [0.25, 0.3) is 0 Å². The lowest BCUT2D eigenvalue weighted by Gasteiger charge is -2.34. The van der Waals surface area contributed by atoms with E-state index in [1.54, 1.807) is 6.92 Å². The Morgan fingerprint density at radius 1 is 1.00 bits per heavy atom. The molecule has 0 amide bonds. The maximum atomic E-state index is 13.3. The Kier molecular flexibility index (Phi) is 41.4. The molecule has 274 valence electrons. The number of aliphatic hydroxyl groups excluding tert-OH is 1. The van der Waals surface area contributed by atoms with Gasteiger partial charge in [-0.1, -0.05) is 102 Å². The van der Waals surface area contributed by atoms with Gasteiger partial charge in [0.15, 0.2) is 0 Å². The molecule has 0 fully saturated rings. The van der Waals surface area contributed by atoms with E-state index >= 15 is 0 Å². The van der Waals surface area contributed by atoms with Gasteiger partial charge in [-0.3, -0.25) is 4.79 Å². The van der Waals surface area contributed by atoms with Crippen LogP contribution in [-0.4, -0.2) is 75.9 Å². The summed E-state index contributed by atoms with van der Waals surface area (Å²) >= 11 is 0. The van der Waals surface area contributed by atoms with E-state index in [0.717, 1.165) is 95.2 Å². The van der Waals surface area contributed by atoms with Crippen molar-refractivity contribution in [3.63, 3.8) is 0 Å². The summed E-state index contributed by atoms with van der Waals surface area (Å²) in [6.07, 6.45) is 17.5. The Balaban J connectivity index is -0.000000667. The lowest BCUT2D eigenvalue weighted by molar-refractivity contribution is -0.121. The Hall–Kier alpha value is -2.52. The number of nitrogens with zero attached hydrogens (tertiary/aromatic N) is 1. The molecule has 47 heavy (non-hydrogen) atoms. The minimum atomic E-state index is -3.67. The van der Waals surface area contributed by atoms with Gasteiger partial charge in [0.05, 0.1) is 5.41 Å². The number of allylic oxidation sites excluding steroid dienone is 5.